The maximum Gasteiger partial charge on any atom is 0.229 e. The molecule has 0 saturated heterocycles. The lowest BCUT2D eigenvalue weighted by Crippen LogP contribution is -2.21. The van der Waals surface area contributed by atoms with Crippen LogP contribution in [0.25, 0.3) is 0 Å². The molecule has 1 heterocycles. The van der Waals surface area contributed by atoms with E-state index in [1.807, 2.05) is 31.2 Å². The Morgan fingerprint density at radius 1 is 1.22 bits per heavy atom. The summed E-state index contributed by atoms with van der Waals surface area (Å²) in [6.07, 6.45) is 2.98. The first kappa shape index (κ1) is 23.1. The van der Waals surface area contributed by atoms with Crippen LogP contribution in [0.15, 0.2) is 59.6 Å². The summed E-state index contributed by atoms with van der Waals surface area (Å²) < 4.78 is 24.7. The van der Waals surface area contributed by atoms with E-state index in [-0.39, 0.29) is 12.6 Å². The van der Waals surface area contributed by atoms with Crippen LogP contribution in [0.1, 0.15) is 18.1 Å². The number of methoxy groups -OCH3 is 1. The van der Waals surface area contributed by atoms with E-state index in [9.17, 15) is 9.32 Å². The van der Waals surface area contributed by atoms with Crippen molar-refractivity contribution in [1.29, 1.82) is 4.78 Å². The second-order valence-electron chi connectivity index (χ2n) is 7.16. The van der Waals surface area contributed by atoms with Crippen LogP contribution in [0, 0.1) is 16.6 Å². The predicted octanol–water partition coefficient (Wildman–Crippen LogP) is 3.46. The molecule has 0 saturated carbocycles. The third-order valence-corrected chi connectivity index (χ3v) is 5.59. The highest BCUT2D eigenvalue weighted by molar-refractivity contribution is 7.91. The molecule has 166 valence electrons. The number of aliphatic hydroxyl groups is 1. The first-order valence-electron chi connectivity index (χ1n) is 9.80. The van der Waals surface area contributed by atoms with E-state index in [2.05, 4.69) is 32.4 Å². The summed E-state index contributed by atoms with van der Waals surface area (Å²) in [5.74, 6) is 7.69. The molecule has 2 aromatic carbocycles. The Labute approximate surface area is 188 Å². The van der Waals surface area contributed by atoms with Gasteiger partial charge in [-0.15, -0.1) is 0 Å². The minimum Gasteiger partial charge on any atom is -0.497 e. The fourth-order valence-corrected chi connectivity index (χ4v) is 3.35. The minimum atomic E-state index is -2.77. The zero-order chi connectivity index (χ0) is 23.1. The van der Waals surface area contributed by atoms with Crippen molar-refractivity contribution in [3.05, 3.63) is 65.9 Å². The number of nitrogens with one attached hydrogen (secondary N) is 3. The fourth-order valence-electron chi connectivity index (χ4n) is 2.69. The highest BCUT2D eigenvalue weighted by Gasteiger charge is 2.10. The van der Waals surface area contributed by atoms with E-state index >= 15 is 0 Å². The molecule has 3 aromatic rings. The Kier molecular flexibility index (Phi) is 7.30. The number of aromatic nitrogens is 2. The molecule has 4 N–H and O–H groups in total. The highest BCUT2D eigenvalue weighted by atomic mass is 32.2. The molecule has 0 amide bonds. The van der Waals surface area contributed by atoms with Crippen molar-refractivity contribution >= 4 is 27.2 Å². The van der Waals surface area contributed by atoms with Gasteiger partial charge in [0.15, 0.2) is 0 Å². The maximum atomic E-state index is 11.8. The van der Waals surface area contributed by atoms with Gasteiger partial charge in [-0.2, -0.15) is 4.98 Å². The van der Waals surface area contributed by atoms with E-state index in [1.54, 1.807) is 37.6 Å². The molecule has 8 nitrogen and oxygen atoms in total. The molecule has 0 aliphatic heterocycles. The third kappa shape index (κ3) is 6.20. The van der Waals surface area contributed by atoms with E-state index in [4.69, 9.17) is 9.52 Å². The monoisotopic (exact) mass is 451 g/mol. The largest absolute Gasteiger partial charge is 0.497 e. The number of aliphatic hydroxyl groups excluding tert-OH is 1. The Hall–Kier alpha value is -3.61. The first-order valence-corrected chi connectivity index (χ1v) is 11.8. The molecule has 0 spiro atoms. The van der Waals surface area contributed by atoms with Crippen LogP contribution in [0.3, 0.4) is 0 Å². The van der Waals surface area contributed by atoms with Crippen LogP contribution in [0.2, 0.25) is 0 Å². The molecule has 3 rings (SSSR count). The number of nitrogens with zero attached hydrogens (tertiary/aromatic N) is 2. The standard InChI is InChI=1S/C23H25N5O3S/c1-16(15-29)26-22-18(8-7-17-5-4-6-20(13-17)31-2)14-25-23(28-22)27-19-9-11-21(12-10-19)32(3,24)30/h4-6,9-14,16,24,29H,15H2,1-3H3,(H2,25,26,27,28)/t16-,32?/m1/s1. The van der Waals surface area contributed by atoms with E-state index in [0.29, 0.717) is 27.9 Å². The summed E-state index contributed by atoms with van der Waals surface area (Å²) >= 11 is 0. The molecular formula is C23H25N5O3S. The third-order valence-electron chi connectivity index (χ3n) is 4.42. The summed E-state index contributed by atoms with van der Waals surface area (Å²) in [6, 6.07) is 13.9. The van der Waals surface area contributed by atoms with E-state index in [1.165, 1.54) is 6.26 Å². The maximum absolute atomic E-state index is 11.8. The van der Waals surface area contributed by atoms with Gasteiger partial charge < -0.3 is 20.5 Å². The number of benzene rings is 2. The van der Waals surface area contributed by atoms with Gasteiger partial charge in [0.05, 0.1) is 35.2 Å². The lowest BCUT2D eigenvalue weighted by Gasteiger charge is -2.14. The van der Waals surface area contributed by atoms with Crippen molar-refractivity contribution in [3.8, 4) is 17.6 Å². The van der Waals surface area contributed by atoms with Crippen LogP contribution in [0.5, 0.6) is 5.75 Å². The number of anilines is 3. The smallest absolute Gasteiger partial charge is 0.229 e. The molecule has 0 fully saturated rings. The molecule has 0 radical (unpaired) electrons. The topological polar surface area (TPSA) is 120 Å². The summed E-state index contributed by atoms with van der Waals surface area (Å²) in [4.78, 5) is 9.30. The number of ether oxygens (including phenoxy) is 1. The van der Waals surface area contributed by atoms with Crippen LogP contribution in [0.4, 0.5) is 17.5 Å². The Morgan fingerprint density at radius 3 is 2.62 bits per heavy atom. The van der Waals surface area contributed by atoms with Gasteiger partial charge in [-0.1, -0.05) is 17.9 Å². The predicted molar refractivity (Wildman–Crippen MR) is 126 cm³/mol. The second-order valence-corrected chi connectivity index (χ2v) is 9.32. The number of rotatable bonds is 7. The SMILES string of the molecule is COc1cccc(C#Cc2cnc(Nc3ccc(S(C)(=N)=O)cc3)nc2N[C@H](C)CO)c1. The van der Waals surface area contributed by atoms with Crippen molar-refractivity contribution < 1.29 is 14.1 Å². The highest BCUT2D eigenvalue weighted by Crippen LogP contribution is 2.20. The second kappa shape index (κ2) is 10.1. The van der Waals surface area contributed by atoms with Crippen LogP contribution >= 0.6 is 0 Å². The number of hydrogen-bond acceptors (Lipinski definition) is 8. The lowest BCUT2D eigenvalue weighted by molar-refractivity contribution is 0.281. The Morgan fingerprint density at radius 2 is 1.97 bits per heavy atom. The zero-order valence-corrected chi connectivity index (χ0v) is 18.9. The molecule has 9 heteroatoms. The van der Waals surface area contributed by atoms with E-state index < -0.39 is 9.73 Å². The Balaban J connectivity index is 1.88. The van der Waals surface area contributed by atoms with Gasteiger partial charge in [-0.3, -0.25) is 0 Å². The van der Waals surface area contributed by atoms with Crippen molar-refractivity contribution in [2.24, 2.45) is 0 Å². The fraction of sp³-hybridized carbons (Fsp3) is 0.217. The normalized spacial score (nSPS) is 13.2. The molecular weight excluding hydrogens is 426 g/mol. The van der Waals surface area contributed by atoms with Crippen LogP contribution in [-0.2, 0) is 9.73 Å². The Bertz CT molecular complexity index is 1250. The molecule has 2 atom stereocenters. The lowest BCUT2D eigenvalue weighted by atomic mass is 10.2. The van der Waals surface area contributed by atoms with Crippen molar-refractivity contribution in [1.82, 2.24) is 9.97 Å². The summed E-state index contributed by atoms with van der Waals surface area (Å²) in [5, 5.41) is 15.7. The van der Waals surface area contributed by atoms with Gasteiger partial charge in [0.2, 0.25) is 5.95 Å². The van der Waals surface area contributed by atoms with Crippen molar-refractivity contribution in [2.75, 3.05) is 30.6 Å². The van der Waals surface area contributed by atoms with Crippen LogP contribution < -0.4 is 15.4 Å². The van der Waals surface area contributed by atoms with Gasteiger partial charge >= 0.3 is 0 Å². The van der Waals surface area contributed by atoms with Crippen molar-refractivity contribution in [3.63, 3.8) is 0 Å². The molecule has 32 heavy (non-hydrogen) atoms. The van der Waals surface area contributed by atoms with Crippen LogP contribution in [-0.4, -0.2) is 45.3 Å². The molecule has 1 unspecified atom stereocenters. The van der Waals surface area contributed by atoms with E-state index in [0.717, 1.165) is 11.3 Å². The molecule has 0 bridgehead atoms. The molecule has 0 aliphatic rings. The summed E-state index contributed by atoms with van der Waals surface area (Å²) in [7, 11) is -1.17. The summed E-state index contributed by atoms with van der Waals surface area (Å²) in [6.45, 7) is 1.76. The van der Waals surface area contributed by atoms with Gasteiger partial charge in [-0.05, 0) is 49.4 Å². The molecule has 0 aliphatic carbocycles. The van der Waals surface area contributed by atoms with Gasteiger partial charge in [0.25, 0.3) is 0 Å². The minimum absolute atomic E-state index is 0.0690. The zero-order valence-electron chi connectivity index (χ0n) is 18.0. The molecule has 1 aromatic heterocycles. The van der Waals surface area contributed by atoms with Crippen molar-refractivity contribution in [2.45, 2.75) is 17.9 Å². The quantitative estimate of drug-likeness (QED) is 0.406. The van der Waals surface area contributed by atoms with Gasteiger partial charge in [0.1, 0.15) is 11.6 Å². The van der Waals surface area contributed by atoms with Gasteiger partial charge in [0, 0.05) is 28.4 Å². The summed E-state index contributed by atoms with van der Waals surface area (Å²) in [5.41, 5.74) is 2.05. The first-order chi connectivity index (χ1) is 15.3. The van der Waals surface area contributed by atoms with Gasteiger partial charge in [-0.25, -0.2) is 14.0 Å². The number of hydrogen-bond donors (Lipinski definition) is 4. The average Bonchev–Trinajstić information content (AvgIpc) is 2.78. The average molecular weight is 452 g/mol.